The summed E-state index contributed by atoms with van der Waals surface area (Å²) in [5.74, 6) is -0.145. The molecule has 1 amide bonds. The summed E-state index contributed by atoms with van der Waals surface area (Å²) >= 11 is 12.2. The molecule has 174 valence electrons. The van der Waals surface area contributed by atoms with E-state index in [0.717, 1.165) is 24.3 Å². The van der Waals surface area contributed by atoms with Gasteiger partial charge in [0.1, 0.15) is 0 Å². The molecule has 1 N–H and O–H groups in total. The minimum atomic E-state index is -4.48. The van der Waals surface area contributed by atoms with Crippen molar-refractivity contribution in [3.8, 4) is 23.1 Å². The molecule has 1 heterocycles. The number of rotatable bonds is 5. The molecule has 34 heavy (non-hydrogen) atoms. The van der Waals surface area contributed by atoms with Gasteiger partial charge in [-0.1, -0.05) is 29.3 Å². The second kappa shape index (κ2) is 9.36. The zero-order valence-corrected chi connectivity index (χ0v) is 18.9. The lowest BCUT2D eigenvalue weighted by Gasteiger charge is -2.10. The van der Waals surface area contributed by atoms with E-state index in [1.165, 1.54) is 11.8 Å². The summed E-state index contributed by atoms with van der Waals surface area (Å²) in [6.45, 7) is 0. The van der Waals surface area contributed by atoms with Gasteiger partial charge in [0.05, 0.1) is 28.4 Å². The topological polar surface area (TPSA) is 69.0 Å². The molecule has 4 rings (SSSR count). The number of carbonyl (C=O) groups is 1. The van der Waals surface area contributed by atoms with Crippen molar-refractivity contribution in [3.63, 3.8) is 0 Å². The van der Waals surface area contributed by atoms with Crippen molar-refractivity contribution in [2.24, 2.45) is 0 Å². The molecule has 6 nitrogen and oxygen atoms in total. The Morgan fingerprint density at radius 2 is 1.74 bits per heavy atom. The van der Waals surface area contributed by atoms with Crippen LogP contribution in [-0.2, 0) is 6.18 Å². The Morgan fingerprint density at radius 1 is 1.00 bits per heavy atom. The lowest BCUT2D eigenvalue weighted by atomic mass is 10.1. The van der Waals surface area contributed by atoms with Gasteiger partial charge in [0.15, 0.2) is 5.82 Å². The predicted molar refractivity (Wildman–Crippen MR) is 123 cm³/mol. The summed E-state index contributed by atoms with van der Waals surface area (Å²) in [6, 6.07) is 15.8. The fourth-order valence-electron chi connectivity index (χ4n) is 3.11. The first-order chi connectivity index (χ1) is 16.2. The third-order valence-corrected chi connectivity index (χ3v) is 5.51. The van der Waals surface area contributed by atoms with Crippen LogP contribution in [0.1, 0.15) is 15.9 Å². The number of hydrogen-bond acceptors (Lipinski definition) is 4. The zero-order valence-electron chi connectivity index (χ0n) is 17.4. The molecule has 3 aromatic carbocycles. The number of nitrogens with zero attached hydrogens (tertiary/aromatic N) is 3. The summed E-state index contributed by atoms with van der Waals surface area (Å²) in [4.78, 5) is 16.9. The van der Waals surface area contributed by atoms with E-state index in [-0.39, 0.29) is 11.6 Å². The lowest BCUT2D eigenvalue weighted by Crippen LogP contribution is -2.13. The van der Waals surface area contributed by atoms with Crippen molar-refractivity contribution in [2.75, 3.05) is 12.4 Å². The molecule has 0 spiro atoms. The normalized spacial score (nSPS) is 11.4. The van der Waals surface area contributed by atoms with E-state index in [1.54, 1.807) is 42.5 Å². The minimum Gasteiger partial charge on any atom is -0.466 e. The van der Waals surface area contributed by atoms with Gasteiger partial charge in [-0.3, -0.25) is 4.79 Å². The maximum Gasteiger partial charge on any atom is 0.416 e. The molecule has 0 aliphatic rings. The van der Waals surface area contributed by atoms with Crippen LogP contribution in [0, 0.1) is 0 Å². The predicted octanol–water partition coefficient (Wildman–Crippen LogP) is 6.52. The maximum atomic E-state index is 12.8. The van der Waals surface area contributed by atoms with Crippen molar-refractivity contribution in [2.45, 2.75) is 6.18 Å². The summed E-state index contributed by atoms with van der Waals surface area (Å²) in [7, 11) is 1.43. The Kier molecular flexibility index (Phi) is 6.49. The quantitative estimate of drug-likeness (QED) is 0.334. The van der Waals surface area contributed by atoms with Gasteiger partial charge in [-0.25, -0.2) is 4.68 Å². The largest absolute Gasteiger partial charge is 0.466 e. The van der Waals surface area contributed by atoms with Crippen LogP contribution in [0.3, 0.4) is 0 Å². The van der Waals surface area contributed by atoms with E-state index >= 15 is 0 Å². The van der Waals surface area contributed by atoms with Crippen molar-refractivity contribution in [1.82, 2.24) is 14.8 Å². The third kappa shape index (κ3) is 5.00. The highest BCUT2D eigenvalue weighted by molar-refractivity contribution is 6.42. The molecule has 0 aliphatic carbocycles. The van der Waals surface area contributed by atoms with Gasteiger partial charge in [-0.15, -0.1) is 5.10 Å². The van der Waals surface area contributed by atoms with Gasteiger partial charge in [0.2, 0.25) is 0 Å². The smallest absolute Gasteiger partial charge is 0.416 e. The number of carbonyl (C=O) groups excluding carboxylic acids is 1. The van der Waals surface area contributed by atoms with E-state index in [0.29, 0.717) is 32.8 Å². The van der Waals surface area contributed by atoms with Gasteiger partial charge in [0, 0.05) is 16.8 Å². The molecule has 4 aromatic rings. The average Bonchev–Trinajstić information content (AvgIpc) is 3.25. The Hall–Kier alpha value is -3.56. The molecule has 0 atom stereocenters. The van der Waals surface area contributed by atoms with Gasteiger partial charge in [0.25, 0.3) is 5.91 Å². The first kappa shape index (κ1) is 23.6. The van der Waals surface area contributed by atoms with Crippen molar-refractivity contribution in [3.05, 3.63) is 87.9 Å². The molecule has 0 bridgehead atoms. The molecule has 0 radical (unpaired) electrons. The van der Waals surface area contributed by atoms with Crippen LogP contribution in [0.4, 0.5) is 18.9 Å². The number of methoxy groups -OCH3 is 1. The number of benzene rings is 3. The number of alkyl halides is 3. The summed E-state index contributed by atoms with van der Waals surface area (Å²) in [5, 5.41) is 7.72. The van der Waals surface area contributed by atoms with Crippen LogP contribution in [0.2, 0.25) is 10.0 Å². The van der Waals surface area contributed by atoms with Gasteiger partial charge in [-0.05, 0) is 60.7 Å². The van der Waals surface area contributed by atoms with Crippen LogP contribution < -0.4 is 10.1 Å². The SMILES string of the molecule is COc1nc(-c2ccc(Cl)c(Cl)c2)n(-c2cccc(NC(=O)c3ccc(C(F)(F)F)cc3)c2)n1. The third-order valence-electron chi connectivity index (χ3n) is 4.77. The van der Waals surface area contributed by atoms with E-state index in [9.17, 15) is 18.0 Å². The molecular weight excluding hydrogens is 492 g/mol. The summed E-state index contributed by atoms with van der Waals surface area (Å²) < 4.78 is 45.0. The first-order valence-corrected chi connectivity index (χ1v) is 10.5. The number of nitrogens with one attached hydrogen (secondary N) is 1. The van der Waals surface area contributed by atoms with E-state index in [2.05, 4.69) is 15.4 Å². The fraction of sp³-hybridized carbons (Fsp3) is 0.0870. The van der Waals surface area contributed by atoms with Crippen molar-refractivity contribution >= 4 is 34.8 Å². The number of halogens is 5. The van der Waals surface area contributed by atoms with Gasteiger partial charge >= 0.3 is 12.2 Å². The standard InChI is InChI=1S/C23H15Cl2F3N4O2/c1-34-22-30-20(14-7-10-18(24)19(25)11-14)32(31-22)17-4-2-3-16(12-17)29-21(33)13-5-8-15(9-6-13)23(26,27)28/h2-12H,1H3,(H,29,33). The second-order valence-electron chi connectivity index (χ2n) is 7.04. The molecule has 1 aromatic heterocycles. The second-order valence-corrected chi connectivity index (χ2v) is 7.86. The van der Waals surface area contributed by atoms with Crippen molar-refractivity contribution < 1.29 is 22.7 Å². The summed E-state index contributed by atoms with van der Waals surface area (Å²) in [5.41, 5.74) is 0.821. The Balaban J connectivity index is 1.63. The number of aromatic nitrogens is 3. The Labute approximate surface area is 201 Å². The van der Waals surface area contributed by atoms with Crippen LogP contribution in [0.15, 0.2) is 66.7 Å². The molecular formula is C23H15Cl2F3N4O2. The van der Waals surface area contributed by atoms with E-state index < -0.39 is 17.6 Å². The summed E-state index contributed by atoms with van der Waals surface area (Å²) in [6.07, 6.45) is -4.48. The van der Waals surface area contributed by atoms with Gasteiger partial charge < -0.3 is 10.1 Å². The maximum absolute atomic E-state index is 12.8. The molecule has 0 fully saturated rings. The average molecular weight is 507 g/mol. The number of amides is 1. The molecule has 0 saturated carbocycles. The van der Waals surface area contributed by atoms with Crippen molar-refractivity contribution in [1.29, 1.82) is 0 Å². The van der Waals surface area contributed by atoms with Crippen LogP contribution in [-0.4, -0.2) is 27.8 Å². The number of ether oxygens (including phenoxy) is 1. The Morgan fingerprint density at radius 3 is 2.38 bits per heavy atom. The monoisotopic (exact) mass is 506 g/mol. The highest BCUT2D eigenvalue weighted by atomic mass is 35.5. The highest BCUT2D eigenvalue weighted by Gasteiger charge is 2.30. The number of hydrogen-bond donors (Lipinski definition) is 1. The van der Waals surface area contributed by atoms with Crippen LogP contribution >= 0.6 is 23.2 Å². The van der Waals surface area contributed by atoms with Gasteiger partial charge in [-0.2, -0.15) is 18.2 Å². The lowest BCUT2D eigenvalue weighted by molar-refractivity contribution is -0.137. The molecule has 11 heteroatoms. The Bertz CT molecular complexity index is 1360. The van der Waals surface area contributed by atoms with Crippen LogP contribution in [0.5, 0.6) is 6.01 Å². The van der Waals surface area contributed by atoms with E-state index in [4.69, 9.17) is 27.9 Å². The van der Waals surface area contributed by atoms with E-state index in [1.807, 2.05) is 0 Å². The molecule has 0 unspecified atom stereocenters. The zero-order chi connectivity index (χ0) is 24.5. The molecule has 0 saturated heterocycles. The fourth-order valence-corrected chi connectivity index (χ4v) is 3.41. The first-order valence-electron chi connectivity index (χ1n) is 9.71. The molecule has 0 aliphatic heterocycles. The minimum absolute atomic E-state index is 0.0809. The van der Waals surface area contributed by atoms with Crippen LogP contribution in [0.25, 0.3) is 17.1 Å². The highest BCUT2D eigenvalue weighted by Crippen LogP contribution is 2.31. The number of anilines is 1.